The Balaban J connectivity index is 2.35. The average molecular weight is 585 g/mol. The van der Waals surface area contributed by atoms with Crippen LogP contribution in [-0.2, 0) is 6.42 Å². The lowest BCUT2D eigenvalue weighted by Gasteiger charge is -2.21. The normalized spacial score (nSPS) is 13.1. The number of hydrogen-bond donors (Lipinski definition) is 1. The van der Waals surface area contributed by atoms with E-state index in [1.165, 1.54) is 190 Å². The number of hydrogen-bond acceptors (Lipinski definition) is 1. The van der Waals surface area contributed by atoms with E-state index in [2.05, 4.69) is 46.8 Å². The summed E-state index contributed by atoms with van der Waals surface area (Å²) in [6.45, 7) is 11.6. The van der Waals surface area contributed by atoms with Crippen molar-refractivity contribution in [2.24, 2.45) is 0 Å². The minimum atomic E-state index is 0.447. The van der Waals surface area contributed by atoms with Crippen LogP contribution in [0.4, 0.5) is 0 Å². The molecule has 1 heteroatoms. The molecule has 0 bridgehead atoms. The zero-order valence-corrected chi connectivity index (χ0v) is 29.6. The second kappa shape index (κ2) is 27.6. The second-order valence-electron chi connectivity index (χ2n) is 14.0. The predicted molar refractivity (Wildman–Crippen MR) is 190 cm³/mol. The number of aromatic hydroxyl groups is 1. The monoisotopic (exact) mass is 585 g/mol. The van der Waals surface area contributed by atoms with Crippen molar-refractivity contribution in [3.8, 4) is 5.75 Å². The van der Waals surface area contributed by atoms with Crippen LogP contribution in [0.5, 0.6) is 5.75 Å². The average Bonchev–Trinajstić information content (AvgIpc) is 2.99. The molecule has 0 aromatic heterocycles. The zero-order chi connectivity index (χ0) is 30.7. The fraction of sp³-hybridized carbons (Fsp3) is 0.854. The van der Waals surface area contributed by atoms with Gasteiger partial charge in [-0.25, -0.2) is 0 Å². The van der Waals surface area contributed by atoms with Gasteiger partial charge in [0.05, 0.1) is 0 Å². The Bertz CT molecular complexity index is 667. The van der Waals surface area contributed by atoms with Crippen molar-refractivity contribution in [2.75, 3.05) is 0 Å². The van der Waals surface area contributed by atoms with E-state index in [4.69, 9.17) is 0 Å². The van der Waals surface area contributed by atoms with Crippen LogP contribution in [0.2, 0.25) is 0 Å². The number of benzene rings is 1. The van der Waals surface area contributed by atoms with Gasteiger partial charge < -0.3 is 5.11 Å². The molecular formula is C41H76O. The van der Waals surface area contributed by atoms with E-state index in [-0.39, 0.29) is 0 Å². The fourth-order valence-electron chi connectivity index (χ4n) is 6.82. The molecule has 0 spiro atoms. The van der Waals surface area contributed by atoms with E-state index in [1.54, 1.807) is 0 Å². The van der Waals surface area contributed by atoms with Crippen LogP contribution < -0.4 is 0 Å². The number of aryl methyl sites for hydroxylation is 1. The van der Waals surface area contributed by atoms with Crippen LogP contribution in [-0.4, -0.2) is 5.11 Å². The van der Waals surface area contributed by atoms with Gasteiger partial charge >= 0.3 is 0 Å². The lowest BCUT2D eigenvalue weighted by atomic mass is 9.85. The summed E-state index contributed by atoms with van der Waals surface area (Å²) in [5, 5.41) is 11.4. The smallest absolute Gasteiger partial charge is 0.122 e. The van der Waals surface area contributed by atoms with E-state index < -0.39 is 0 Å². The zero-order valence-electron chi connectivity index (χ0n) is 29.6. The fourth-order valence-corrected chi connectivity index (χ4v) is 6.82. The SMILES string of the molecule is CCCCCCCCCCCCCCC(C)c1cc(CCC)cc(C(C)CCCCCCCCCCCCCC)c1O. The highest BCUT2D eigenvalue weighted by Crippen LogP contribution is 2.39. The maximum absolute atomic E-state index is 11.4. The molecule has 2 atom stereocenters. The molecule has 1 rings (SSSR count). The number of rotatable bonds is 30. The van der Waals surface area contributed by atoms with Gasteiger partial charge in [-0.2, -0.15) is 0 Å². The largest absolute Gasteiger partial charge is 0.507 e. The van der Waals surface area contributed by atoms with Crippen LogP contribution in [0.3, 0.4) is 0 Å². The molecule has 246 valence electrons. The number of phenols is 1. The summed E-state index contributed by atoms with van der Waals surface area (Å²) in [6.07, 6.45) is 38.3. The maximum atomic E-state index is 11.4. The van der Waals surface area contributed by atoms with Crippen LogP contribution in [0.1, 0.15) is 237 Å². The van der Waals surface area contributed by atoms with Gasteiger partial charge in [-0.15, -0.1) is 0 Å². The Morgan fingerprint density at radius 3 is 1.00 bits per heavy atom. The molecule has 0 saturated heterocycles. The number of unbranched alkanes of at least 4 members (excludes halogenated alkanes) is 22. The Morgan fingerprint density at radius 1 is 0.429 bits per heavy atom. The minimum absolute atomic E-state index is 0.447. The van der Waals surface area contributed by atoms with Gasteiger partial charge in [0.15, 0.2) is 0 Å². The first-order valence-corrected chi connectivity index (χ1v) is 19.4. The van der Waals surface area contributed by atoms with E-state index in [0.29, 0.717) is 17.6 Å². The molecule has 1 aromatic carbocycles. The molecule has 0 aliphatic carbocycles. The first-order valence-electron chi connectivity index (χ1n) is 19.4. The van der Waals surface area contributed by atoms with Gasteiger partial charge in [0.2, 0.25) is 0 Å². The van der Waals surface area contributed by atoms with Gasteiger partial charge in [0.1, 0.15) is 5.75 Å². The van der Waals surface area contributed by atoms with Gasteiger partial charge in [-0.1, -0.05) is 207 Å². The summed E-state index contributed by atoms with van der Waals surface area (Å²) >= 11 is 0. The second-order valence-corrected chi connectivity index (χ2v) is 14.0. The maximum Gasteiger partial charge on any atom is 0.122 e. The lowest BCUT2D eigenvalue weighted by molar-refractivity contribution is 0.440. The van der Waals surface area contributed by atoms with Crippen LogP contribution in [0.25, 0.3) is 0 Å². The summed E-state index contributed by atoms with van der Waals surface area (Å²) in [7, 11) is 0. The molecule has 1 nitrogen and oxygen atoms in total. The Hall–Kier alpha value is -0.980. The predicted octanol–water partition coefficient (Wildman–Crippen LogP) is 14.7. The first-order chi connectivity index (χ1) is 20.5. The highest BCUT2D eigenvalue weighted by Gasteiger charge is 2.19. The van der Waals surface area contributed by atoms with Crippen molar-refractivity contribution < 1.29 is 5.11 Å². The highest BCUT2D eigenvalue weighted by atomic mass is 16.3. The van der Waals surface area contributed by atoms with Crippen LogP contribution in [0.15, 0.2) is 12.1 Å². The number of phenolic OH excluding ortho intramolecular Hbond substituents is 1. The Kier molecular flexibility index (Phi) is 25.6. The molecule has 0 saturated carbocycles. The summed E-state index contributed by atoms with van der Waals surface area (Å²) in [5.74, 6) is 1.51. The molecule has 1 aromatic rings. The first kappa shape index (κ1) is 39.0. The lowest BCUT2D eigenvalue weighted by Crippen LogP contribution is -2.03. The standard InChI is InChI=1S/C41H76O/c1-6-9-11-13-15-17-19-21-23-25-27-29-32-36(4)39-34-38(31-8-3)35-40(41(39)42)37(5)33-30-28-26-24-22-20-18-16-14-12-10-7-2/h34-37,42H,6-33H2,1-5H3. The Morgan fingerprint density at radius 2 is 0.714 bits per heavy atom. The molecular weight excluding hydrogens is 508 g/mol. The van der Waals surface area contributed by atoms with Crippen molar-refractivity contribution in [1.29, 1.82) is 0 Å². The van der Waals surface area contributed by atoms with Crippen LogP contribution in [0, 0.1) is 0 Å². The molecule has 2 unspecified atom stereocenters. The van der Waals surface area contributed by atoms with Crippen molar-refractivity contribution in [1.82, 2.24) is 0 Å². The van der Waals surface area contributed by atoms with Crippen LogP contribution >= 0.6 is 0 Å². The van der Waals surface area contributed by atoms with Crippen molar-refractivity contribution in [2.45, 2.75) is 226 Å². The highest BCUT2D eigenvalue weighted by molar-refractivity contribution is 5.47. The molecule has 0 amide bonds. The van der Waals surface area contributed by atoms with Gasteiger partial charge in [-0.05, 0) is 47.8 Å². The summed E-state index contributed by atoms with van der Waals surface area (Å²) in [4.78, 5) is 0. The molecule has 0 heterocycles. The van der Waals surface area contributed by atoms with E-state index in [0.717, 1.165) is 6.42 Å². The minimum Gasteiger partial charge on any atom is -0.507 e. The molecule has 42 heavy (non-hydrogen) atoms. The topological polar surface area (TPSA) is 20.2 Å². The molecule has 0 aliphatic heterocycles. The van der Waals surface area contributed by atoms with E-state index in [9.17, 15) is 5.11 Å². The molecule has 1 N–H and O–H groups in total. The van der Waals surface area contributed by atoms with E-state index >= 15 is 0 Å². The summed E-state index contributed by atoms with van der Waals surface area (Å²) < 4.78 is 0. The van der Waals surface area contributed by atoms with Gasteiger partial charge in [0, 0.05) is 0 Å². The van der Waals surface area contributed by atoms with Crippen molar-refractivity contribution >= 4 is 0 Å². The third-order valence-corrected chi connectivity index (χ3v) is 9.81. The molecule has 0 fully saturated rings. The molecule has 0 radical (unpaired) electrons. The van der Waals surface area contributed by atoms with Crippen molar-refractivity contribution in [3.63, 3.8) is 0 Å². The summed E-state index contributed by atoms with van der Waals surface area (Å²) in [5.41, 5.74) is 3.88. The Labute approximate surface area is 265 Å². The third kappa shape index (κ3) is 19.3. The van der Waals surface area contributed by atoms with E-state index in [1.807, 2.05) is 0 Å². The van der Waals surface area contributed by atoms with Gasteiger partial charge in [0.25, 0.3) is 0 Å². The molecule has 0 aliphatic rings. The quantitative estimate of drug-likeness (QED) is 0.0892. The van der Waals surface area contributed by atoms with Crippen molar-refractivity contribution in [3.05, 3.63) is 28.8 Å². The summed E-state index contributed by atoms with van der Waals surface area (Å²) in [6, 6.07) is 4.67. The van der Waals surface area contributed by atoms with Gasteiger partial charge in [-0.3, -0.25) is 0 Å². The third-order valence-electron chi connectivity index (χ3n) is 9.81.